The minimum Gasteiger partial charge on any atom is -0.486 e. The van der Waals surface area contributed by atoms with Gasteiger partial charge < -0.3 is 14.8 Å². The molecule has 0 saturated carbocycles. The topological polar surface area (TPSA) is 30.5 Å². The fourth-order valence-electron chi connectivity index (χ4n) is 3.28. The van der Waals surface area contributed by atoms with Gasteiger partial charge in [-0.1, -0.05) is 24.3 Å². The molecule has 0 saturated heterocycles. The zero-order chi connectivity index (χ0) is 14.2. The maximum absolute atomic E-state index is 5.75. The summed E-state index contributed by atoms with van der Waals surface area (Å²) in [6.07, 6.45) is 1.04. The van der Waals surface area contributed by atoms with Crippen molar-refractivity contribution >= 4 is 0 Å². The van der Waals surface area contributed by atoms with Gasteiger partial charge in [0.2, 0.25) is 0 Å². The molecule has 2 aromatic carbocycles. The predicted molar refractivity (Wildman–Crippen MR) is 82.2 cm³/mol. The summed E-state index contributed by atoms with van der Waals surface area (Å²) >= 11 is 0. The molecule has 4 rings (SSSR count). The zero-order valence-electron chi connectivity index (χ0n) is 12.2. The summed E-state index contributed by atoms with van der Waals surface area (Å²) in [5.41, 5.74) is 5.35. The minimum atomic E-state index is 0.241. The van der Waals surface area contributed by atoms with Crippen LogP contribution in [0, 0.1) is 6.92 Å². The lowest BCUT2D eigenvalue weighted by molar-refractivity contribution is 0.171. The molecule has 3 nitrogen and oxygen atoms in total. The number of hydrogen-bond acceptors (Lipinski definition) is 3. The Labute approximate surface area is 124 Å². The van der Waals surface area contributed by atoms with Gasteiger partial charge in [-0.15, -0.1) is 0 Å². The Bertz CT molecular complexity index is 681. The first-order valence-corrected chi connectivity index (χ1v) is 7.54. The van der Waals surface area contributed by atoms with E-state index in [1.54, 1.807) is 0 Å². The first-order valence-electron chi connectivity index (χ1n) is 7.54. The van der Waals surface area contributed by atoms with Crippen LogP contribution in [0.3, 0.4) is 0 Å². The lowest BCUT2D eigenvalue weighted by Crippen LogP contribution is -2.31. The van der Waals surface area contributed by atoms with Crippen molar-refractivity contribution in [3.8, 4) is 11.5 Å². The van der Waals surface area contributed by atoms with Crippen LogP contribution in [0.1, 0.15) is 28.3 Å². The molecule has 0 spiro atoms. The summed E-state index contributed by atoms with van der Waals surface area (Å²) in [5.74, 6) is 1.77. The van der Waals surface area contributed by atoms with E-state index in [9.17, 15) is 0 Å². The van der Waals surface area contributed by atoms with Crippen LogP contribution in [0.25, 0.3) is 0 Å². The summed E-state index contributed by atoms with van der Waals surface area (Å²) < 4.78 is 11.5. The Morgan fingerprint density at radius 2 is 1.76 bits per heavy atom. The number of ether oxygens (including phenoxy) is 2. The normalized spacial score (nSPS) is 20.0. The van der Waals surface area contributed by atoms with E-state index in [2.05, 4.69) is 48.6 Å². The Balaban J connectivity index is 1.82. The number of nitrogens with one attached hydrogen (secondary N) is 1. The highest BCUT2D eigenvalue weighted by molar-refractivity contribution is 5.52. The lowest BCUT2D eigenvalue weighted by Gasteiger charge is -2.30. The van der Waals surface area contributed by atoms with Crippen molar-refractivity contribution in [2.75, 3.05) is 19.8 Å². The number of benzene rings is 2. The highest BCUT2D eigenvalue weighted by atomic mass is 16.6. The van der Waals surface area contributed by atoms with Crippen molar-refractivity contribution in [3.63, 3.8) is 0 Å². The van der Waals surface area contributed by atoms with Crippen LogP contribution in [-0.4, -0.2) is 19.8 Å². The Morgan fingerprint density at radius 3 is 2.57 bits per heavy atom. The van der Waals surface area contributed by atoms with Crippen LogP contribution in [0.15, 0.2) is 36.4 Å². The van der Waals surface area contributed by atoms with Crippen molar-refractivity contribution in [3.05, 3.63) is 58.7 Å². The van der Waals surface area contributed by atoms with Gasteiger partial charge in [0, 0.05) is 6.54 Å². The average Bonchev–Trinajstić information content (AvgIpc) is 2.53. The van der Waals surface area contributed by atoms with E-state index in [0.29, 0.717) is 13.2 Å². The maximum Gasteiger partial charge on any atom is 0.161 e. The molecular weight excluding hydrogens is 262 g/mol. The first kappa shape index (κ1) is 12.7. The molecule has 1 atom stereocenters. The van der Waals surface area contributed by atoms with Crippen LogP contribution in [0.4, 0.5) is 0 Å². The molecule has 108 valence electrons. The summed E-state index contributed by atoms with van der Waals surface area (Å²) in [6.45, 7) is 4.44. The van der Waals surface area contributed by atoms with Gasteiger partial charge in [-0.25, -0.2) is 0 Å². The van der Waals surface area contributed by atoms with E-state index in [4.69, 9.17) is 9.47 Å². The van der Waals surface area contributed by atoms with Crippen LogP contribution in [0.5, 0.6) is 11.5 Å². The number of aryl methyl sites for hydroxylation is 1. The molecule has 0 aliphatic carbocycles. The fraction of sp³-hybridized carbons (Fsp3) is 0.333. The van der Waals surface area contributed by atoms with Gasteiger partial charge in [-0.2, -0.15) is 0 Å². The monoisotopic (exact) mass is 281 g/mol. The standard InChI is InChI=1S/C18H19NO2/c1-12-4-2-3-5-14(12)18-15-11-17-16(20-8-9-21-17)10-13(15)6-7-19-18/h2-5,10-11,18-19H,6-9H2,1H3. The number of rotatable bonds is 1. The Hall–Kier alpha value is -2.00. The van der Waals surface area contributed by atoms with Crippen LogP contribution >= 0.6 is 0 Å². The molecule has 2 aliphatic heterocycles. The average molecular weight is 281 g/mol. The maximum atomic E-state index is 5.75. The van der Waals surface area contributed by atoms with Crippen LogP contribution < -0.4 is 14.8 Å². The van der Waals surface area contributed by atoms with Gasteiger partial charge in [0.1, 0.15) is 13.2 Å². The molecule has 0 amide bonds. The van der Waals surface area contributed by atoms with Crippen molar-refractivity contribution in [2.45, 2.75) is 19.4 Å². The van der Waals surface area contributed by atoms with E-state index in [1.807, 2.05) is 0 Å². The molecule has 0 bridgehead atoms. The molecular formula is C18H19NO2. The Kier molecular flexibility index (Phi) is 3.08. The molecule has 0 aromatic heterocycles. The van der Waals surface area contributed by atoms with Crippen molar-refractivity contribution in [2.24, 2.45) is 0 Å². The number of fused-ring (bicyclic) bond motifs is 2. The SMILES string of the molecule is Cc1ccccc1C1NCCc2cc3c(cc21)OCCO3. The van der Waals surface area contributed by atoms with Gasteiger partial charge >= 0.3 is 0 Å². The third-order valence-corrected chi connectivity index (χ3v) is 4.36. The van der Waals surface area contributed by atoms with Crippen molar-refractivity contribution in [1.29, 1.82) is 0 Å². The van der Waals surface area contributed by atoms with Crippen LogP contribution in [-0.2, 0) is 6.42 Å². The largest absolute Gasteiger partial charge is 0.486 e. The molecule has 2 aliphatic rings. The summed E-state index contributed by atoms with van der Waals surface area (Å²) in [4.78, 5) is 0. The molecule has 3 heteroatoms. The van der Waals surface area contributed by atoms with Gasteiger partial charge in [0.15, 0.2) is 11.5 Å². The van der Waals surface area contributed by atoms with Gasteiger partial charge in [0.05, 0.1) is 6.04 Å². The Morgan fingerprint density at radius 1 is 1.00 bits per heavy atom. The third kappa shape index (κ3) is 2.18. The summed E-state index contributed by atoms with van der Waals surface area (Å²) in [5, 5.41) is 3.64. The van der Waals surface area contributed by atoms with Crippen molar-refractivity contribution < 1.29 is 9.47 Å². The lowest BCUT2D eigenvalue weighted by atomic mass is 9.87. The fourth-order valence-corrected chi connectivity index (χ4v) is 3.28. The van der Waals surface area contributed by atoms with Gasteiger partial charge in [-0.3, -0.25) is 0 Å². The second kappa shape index (κ2) is 5.08. The zero-order valence-corrected chi connectivity index (χ0v) is 12.2. The van der Waals surface area contributed by atoms with E-state index in [1.165, 1.54) is 22.3 Å². The number of hydrogen-bond donors (Lipinski definition) is 1. The van der Waals surface area contributed by atoms with Gasteiger partial charge in [-0.05, 0) is 47.7 Å². The first-order chi connectivity index (χ1) is 10.3. The van der Waals surface area contributed by atoms with E-state index < -0.39 is 0 Å². The molecule has 0 radical (unpaired) electrons. The second-order valence-corrected chi connectivity index (χ2v) is 5.69. The van der Waals surface area contributed by atoms with Gasteiger partial charge in [0.25, 0.3) is 0 Å². The third-order valence-electron chi connectivity index (χ3n) is 4.36. The molecule has 2 heterocycles. The molecule has 1 unspecified atom stereocenters. The van der Waals surface area contributed by atoms with Crippen molar-refractivity contribution in [1.82, 2.24) is 5.32 Å². The quantitative estimate of drug-likeness (QED) is 0.871. The van der Waals surface area contributed by atoms with E-state index >= 15 is 0 Å². The second-order valence-electron chi connectivity index (χ2n) is 5.69. The highest BCUT2D eigenvalue weighted by Gasteiger charge is 2.25. The molecule has 21 heavy (non-hydrogen) atoms. The van der Waals surface area contributed by atoms with E-state index in [-0.39, 0.29) is 6.04 Å². The minimum absolute atomic E-state index is 0.241. The molecule has 1 N–H and O–H groups in total. The molecule has 0 fully saturated rings. The summed E-state index contributed by atoms with van der Waals surface area (Å²) in [6, 6.07) is 13.1. The van der Waals surface area contributed by atoms with E-state index in [0.717, 1.165) is 24.5 Å². The summed E-state index contributed by atoms with van der Waals surface area (Å²) in [7, 11) is 0. The smallest absolute Gasteiger partial charge is 0.161 e. The highest BCUT2D eigenvalue weighted by Crippen LogP contribution is 2.39. The predicted octanol–water partition coefficient (Wildman–Crippen LogP) is 3.00. The van der Waals surface area contributed by atoms with Crippen LogP contribution in [0.2, 0.25) is 0 Å². The molecule has 2 aromatic rings.